The fourth-order valence-electron chi connectivity index (χ4n) is 2.73. The van der Waals surface area contributed by atoms with Crippen molar-refractivity contribution in [3.8, 4) is 0 Å². The van der Waals surface area contributed by atoms with Gasteiger partial charge in [0.15, 0.2) is 0 Å². The van der Waals surface area contributed by atoms with Crippen molar-refractivity contribution in [2.45, 2.75) is 6.04 Å². The van der Waals surface area contributed by atoms with Crippen LogP contribution in [0.15, 0.2) is 27.6 Å². The molecule has 0 spiro atoms. The predicted molar refractivity (Wildman–Crippen MR) is 80.0 cm³/mol. The average Bonchev–Trinajstić information content (AvgIpc) is 2.64. The molecule has 1 fully saturated rings. The van der Waals surface area contributed by atoms with Gasteiger partial charge in [-0.05, 0) is 22.0 Å². The van der Waals surface area contributed by atoms with Gasteiger partial charge in [0.05, 0.1) is 46.5 Å². The zero-order valence-corrected chi connectivity index (χ0v) is 12.7. The molecule has 1 aliphatic rings. The van der Waals surface area contributed by atoms with Crippen LogP contribution in [0.2, 0.25) is 0 Å². The number of aromatic nitrogens is 3. The predicted octanol–water partition coefficient (Wildman–Crippen LogP) is 2.36. The van der Waals surface area contributed by atoms with Crippen molar-refractivity contribution in [1.29, 1.82) is 0 Å². The lowest BCUT2D eigenvalue weighted by Crippen LogP contribution is -2.37. The third-order valence-corrected chi connectivity index (χ3v) is 4.55. The quantitative estimate of drug-likeness (QED) is 0.676. The van der Waals surface area contributed by atoms with Gasteiger partial charge in [-0.1, -0.05) is 0 Å². The number of imidazole rings is 1. The van der Waals surface area contributed by atoms with Crippen LogP contribution in [0.3, 0.4) is 0 Å². The Labute approximate surface area is 127 Å². The Kier molecular flexibility index (Phi) is 2.71. The third kappa shape index (κ3) is 1.70. The fraction of sp³-hybridized carbons (Fsp3) is 0.286. The van der Waals surface area contributed by atoms with Gasteiger partial charge in [-0.15, -0.1) is 0 Å². The van der Waals surface area contributed by atoms with E-state index in [1.807, 2.05) is 0 Å². The molecule has 1 aromatic carbocycles. The van der Waals surface area contributed by atoms with Crippen molar-refractivity contribution < 1.29 is 9.13 Å². The Morgan fingerprint density at radius 2 is 2.19 bits per heavy atom. The van der Waals surface area contributed by atoms with E-state index < -0.39 is 0 Å². The Morgan fingerprint density at radius 3 is 2.86 bits per heavy atom. The van der Waals surface area contributed by atoms with Gasteiger partial charge in [0, 0.05) is 18.5 Å². The number of hydrogen-bond acceptors (Lipinski definition) is 3. The molecule has 0 bridgehead atoms. The molecular weight excluding hydrogens is 341 g/mol. The van der Waals surface area contributed by atoms with Crippen LogP contribution in [-0.2, 0) is 11.8 Å². The van der Waals surface area contributed by atoms with E-state index in [0.717, 1.165) is 16.4 Å². The maximum atomic E-state index is 13.7. The van der Waals surface area contributed by atoms with Gasteiger partial charge < -0.3 is 4.74 Å². The number of ether oxygens (including phenoxy) is 1. The highest BCUT2D eigenvalue weighted by molar-refractivity contribution is 9.10. The summed E-state index contributed by atoms with van der Waals surface area (Å²) in [6.45, 7) is 1.04. The van der Waals surface area contributed by atoms with E-state index in [2.05, 4.69) is 20.9 Å². The molecule has 1 aliphatic heterocycles. The second-order valence-electron chi connectivity index (χ2n) is 5.18. The molecule has 0 amide bonds. The molecule has 2 aromatic heterocycles. The summed E-state index contributed by atoms with van der Waals surface area (Å²) < 4.78 is 22.5. The topological polar surface area (TPSA) is 49.0 Å². The highest BCUT2D eigenvalue weighted by Gasteiger charge is 2.27. The Bertz CT molecular complexity index is 943. The smallest absolute Gasteiger partial charge is 0.329 e. The second kappa shape index (κ2) is 4.38. The van der Waals surface area contributed by atoms with E-state index in [9.17, 15) is 9.18 Å². The van der Waals surface area contributed by atoms with Crippen LogP contribution < -0.4 is 5.69 Å². The first-order chi connectivity index (χ1) is 10.1. The molecule has 0 atom stereocenters. The maximum absolute atomic E-state index is 13.7. The minimum absolute atomic E-state index is 0.0237. The van der Waals surface area contributed by atoms with Crippen LogP contribution in [0.1, 0.15) is 6.04 Å². The first-order valence-electron chi connectivity index (χ1n) is 6.50. The molecule has 0 radical (unpaired) electrons. The summed E-state index contributed by atoms with van der Waals surface area (Å²) in [5.41, 5.74) is 1.94. The SMILES string of the molecule is Cn1c(=O)n(C2COC2)c2c3cc(Br)c(F)cc3ncc21. The van der Waals surface area contributed by atoms with Crippen molar-refractivity contribution in [3.63, 3.8) is 0 Å². The number of aryl methyl sites for hydroxylation is 1. The number of pyridine rings is 1. The van der Waals surface area contributed by atoms with Gasteiger partial charge in [-0.2, -0.15) is 0 Å². The van der Waals surface area contributed by atoms with Gasteiger partial charge in [-0.25, -0.2) is 9.18 Å². The summed E-state index contributed by atoms with van der Waals surface area (Å²) in [6.07, 6.45) is 1.61. The van der Waals surface area contributed by atoms with Crippen molar-refractivity contribution in [2.75, 3.05) is 13.2 Å². The highest BCUT2D eigenvalue weighted by Crippen LogP contribution is 2.30. The van der Waals surface area contributed by atoms with Crippen molar-refractivity contribution >= 4 is 37.9 Å². The van der Waals surface area contributed by atoms with Gasteiger partial charge in [0.25, 0.3) is 0 Å². The number of benzene rings is 1. The minimum atomic E-state index is -0.369. The summed E-state index contributed by atoms with van der Waals surface area (Å²) in [5, 5.41) is 0.755. The fourth-order valence-corrected chi connectivity index (χ4v) is 3.08. The van der Waals surface area contributed by atoms with Crippen LogP contribution in [0.5, 0.6) is 0 Å². The van der Waals surface area contributed by atoms with Crippen molar-refractivity contribution in [2.24, 2.45) is 7.05 Å². The monoisotopic (exact) mass is 351 g/mol. The molecule has 0 unspecified atom stereocenters. The average molecular weight is 352 g/mol. The number of rotatable bonds is 1. The van der Waals surface area contributed by atoms with Crippen LogP contribution in [-0.4, -0.2) is 27.3 Å². The van der Waals surface area contributed by atoms with Gasteiger partial charge in [-0.3, -0.25) is 14.1 Å². The molecule has 3 heterocycles. The highest BCUT2D eigenvalue weighted by atomic mass is 79.9. The number of nitrogens with zero attached hydrogens (tertiary/aromatic N) is 3. The Balaban J connectivity index is 2.20. The first kappa shape index (κ1) is 13.0. The molecule has 3 aromatic rings. The van der Waals surface area contributed by atoms with E-state index in [-0.39, 0.29) is 17.5 Å². The second-order valence-corrected chi connectivity index (χ2v) is 6.03. The Morgan fingerprint density at radius 1 is 1.43 bits per heavy atom. The molecule has 21 heavy (non-hydrogen) atoms. The summed E-state index contributed by atoms with van der Waals surface area (Å²) in [7, 11) is 1.72. The minimum Gasteiger partial charge on any atom is -0.377 e. The van der Waals surface area contributed by atoms with Crippen LogP contribution >= 0.6 is 15.9 Å². The lowest BCUT2D eigenvalue weighted by atomic mass is 10.1. The van der Waals surface area contributed by atoms with Crippen molar-refractivity contribution in [3.05, 3.63) is 39.1 Å². The van der Waals surface area contributed by atoms with E-state index >= 15 is 0 Å². The standard InChI is InChI=1S/C14H11BrFN3O2/c1-18-12-4-17-11-3-10(16)9(15)2-8(11)13(12)19(14(18)20)7-5-21-6-7/h2-4,7H,5-6H2,1H3. The van der Waals surface area contributed by atoms with E-state index in [0.29, 0.717) is 23.2 Å². The maximum Gasteiger partial charge on any atom is 0.329 e. The number of hydrogen-bond donors (Lipinski definition) is 0. The van der Waals surface area contributed by atoms with E-state index in [1.54, 1.807) is 28.4 Å². The molecule has 5 nitrogen and oxygen atoms in total. The first-order valence-corrected chi connectivity index (χ1v) is 7.29. The summed E-state index contributed by atoms with van der Waals surface area (Å²) in [5.74, 6) is -0.369. The molecule has 7 heteroatoms. The van der Waals surface area contributed by atoms with Crippen molar-refractivity contribution in [1.82, 2.24) is 14.1 Å². The lowest BCUT2D eigenvalue weighted by molar-refractivity contribution is -0.0230. The van der Waals surface area contributed by atoms with Crippen LogP contribution in [0, 0.1) is 5.82 Å². The van der Waals surface area contributed by atoms with Gasteiger partial charge in [0.2, 0.25) is 0 Å². The third-order valence-electron chi connectivity index (χ3n) is 3.94. The zero-order chi connectivity index (χ0) is 14.7. The summed E-state index contributed by atoms with van der Waals surface area (Å²) >= 11 is 3.20. The normalized spacial score (nSPS) is 15.8. The molecular formula is C14H11BrFN3O2. The van der Waals surface area contributed by atoms with E-state index in [4.69, 9.17) is 4.74 Å². The number of fused-ring (bicyclic) bond motifs is 3. The Hall–Kier alpha value is -1.73. The molecule has 0 N–H and O–H groups in total. The van der Waals surface area contributed by atoms with E-state index in [1.165, 1.54) is 6.07 Å². The zero-order valence-electron chi connectivity index (χ0n) is 11.1. The summed E-state index contributed by atoms with van der Waals surface area (Å²) in [4.78, 5) is 16.7. The summed E-state index contributed by atoms with van der Waals surface area (Å²) in [6, 6.07) is 3.07. The van der Waals surface area contributed by atoms with Crippen LogP contribution in [0.4, 0.5) is 4.39 Å². The molecule has 1 saturated heterocycles. The largest absolute Gasteiger partial charge is 0.377 e. The van der Waals surface area contributed by atoms with Gasteiger partial charge >= 0.3 is 5.69 Å². The molecule has 0 aliphatic carbocycles. The lowest BCUT2D eigenvalue weighted by Gasteiger charge is -2.27. The molecule has 0 saturated carbocycles. The van der Waals surface area contributed by atoms with Crippen LogP contribution in [0.25, 0.3) is 21.9 Å². The van der Waals surface area contributed by atoms with Gasteiger partial charge in [0.1, 0.15) is 5.82 Å². The number of halogens is 2. The molecule has 4 rings (SSSR count). The molecule has 108 valence electrons.